The van der Waals surface area contributed by atoms with E-state index in [4.69, 9.17) is 4.74 Å². The molecule has 2 aromatic rings. The van der Waals surface area contributed by atoms with E-state index in [1.54, 1.807) is 19.4 Å². The third-order valence-electron chi connectivity index (χ3n) is 3.71. The van der Waals surface area contributed by atoms with Crippen LogP contribution in [0.3, 0.4) is 0 Å². The summed E-state index contributed by atoms with van der Waals surface area (Å²) in [7, 11) is 1.70. The van der Waals surface area contributed by atoms with Gasteiger partial charge in [0.25, 0.3) is 5.56 Å². The topological polar surface area (TPSA) is 76.4 Å². The van der Waals surface area contributed by atoms with Crippen LogP contribution in [-0.2, 0) is 11.8 Å². The number of halogens is 1. The van der Waals surface area contributed by atoms with Gasteiger partial charge in [-0.3, -0.25) is 4.79 Å². The first kappa shape index (κ1) is 14.5. The number of hydrogen-bond acceptors (Lipinski definition) is 5. The Labute approximate surface area is 129 Å². The molecule has 0 aliphatic carbocycles. The molecule has 1 aliphatic rings. The second-order valence-electron chi connectivity index (χ2n) is 5.16. The Morgan fingerprint density at radius 1 is 1.57 bits per heavy atom. The van der Waals surface area contributed by atoms with Gasteiger partial charge in [0, 0.05) is 35.9 Å². The Hall–Kier alpha value is -1.44. The van der Waals surface area contributed by atoms with Crippen LogP contribution in [0.4, 0.5) is 5.82 Å². The van der Waals surface area contributed by atoms with Crippen LogP contribution >= 0.6 is 15.9 Å². The molecular formula is C14H16BrN3O3. The average Bonchev–Trinajstić information content (AvgIpc) is 2.47. The van der Waals surface area contributed by atoms with Crippen molar-refractivity contribution in [3.63, 3.8) is 0 Å². The summed E-state index contributed by atoms with van der Waals surface area (Å²) in [5.41, 5.74) is -0.130. The minimum absolute atomic E-state index is 0.130. The predicted octanol–water partition coefficient (Wildman–Crippen LogP) is 1.26. The SMILES string of the molecule is Cn1ccc2c(Br)cnc(N[C@@H]3COCC[C@@H]3O)c2c1=O. The number of aliphatic hydroxyl groups excluding tert-OH is 1. The Balaban J connectivity index is 2.08. The van der Waals surface area contributed by atoms with E-state index in [1.165, 1.54) is 4.57 Å². The Morgan fingerprint density at radius 3 is 3.14 bits per heavy atom. The predicted molar refractivity (Wildman–Crippen MR) is 83.5 cm³/mol. The van der Waals surface area contributed by atoms with Gasteiger partial charge in [0.15, 0.2) is 0 Å². The van der Waals surface area contributed by atoms with Gasteiger partial charge >= 0.3 is 0 Å². The molecular weight excluding hydrogens is 338 g/mol. The number of aromatic nitrogens is 2. The summed E-state index contributed by atoms with van der Waals surface area (Å²) in [5.74, 6) is 0.476. The van der Waals surface area contributed by atoms with Gasteiger partial charge in [-0.1, -0.05) is 0 Å². The zero-order valence-electron chi connectivity index (χ0n) is 11.5. The molecule has 112 valence electrons. The number of pyridine rings is 2. The molecule has 3 rings (SSSR count). The number of aliphatic hydroxyl groups is 1. The van der Waals surface area contributed by atoms with Crippen molar-refractivity contribution < 1.29 is 9.84 Å². The summed E-state index contributed by atoms with van der Waals surface area (Å²) in [5, 5.41) is 14.5. The van der Waals surface area contributed by atoms with Crippen LogP contribution in [0.1, 0.15) is 6.42 Å². The highest BCUT2D eigenvalue weighted by Crippen LogP contribution is 2.26. The lowest BCUT2D eigenvalue weighted by molar-refractivity contribution is 0.00308. The van der Waals surface area contributed by atoms with Gasteiger partial charge in [-0.15, -0.1) is 0 Å². The number of anilines is 1. The van der Waals surface area contributed by atoms with E-state index < -0.39 is 6.10 Å². The molecule has 0 unspecified atom stereocenters. The molecule has 0 saturated carbocycles. The molecule has 2 N–H and O–H groups in total. The van der Waals surface area contributed by atoms with E-state index in [2.05, 4.69) is 26.2 Å². The molecule has 21 heavy (non-hydrogen) atoms. The number of aryl methyl sites for hydroxylation is 1. The molecule has 3 heterocycles. The first-order valence-electron chi connectivity index (χ1n) is 6.74. The number of fused-ring (bicyclic) bond motifs is 1. The summed E-state index contributed by atoms with van der Waals surface area (Å²) < 4.78 is 7.65. The largest absolute Gasteiger partial charge is 0.391 e. The first-order valence-corrected chi connectivity index (χ1v) is 7.53. The highest BCUT2D eigenvalue weighted by molar-refractivity contribution is 9.10. The third-order valence-corrected chi connectivity index (χ3v) is 4.34. The highest BCUT2D eigenvalue weighted by Gasteiger charge is 2.25. The zero-order valence-corrected chi connectivity index (χ0v) is 13.1. The lowest BCUT2D eigenvalue weighted by Crippen LogP contribution is -2.42. The van der Waals surface area contributed by atoms with Crippen molar-refractivity contribution in [2.75, 3.05) is 18.5 Å². The number of rotatable bonds is 2. The fourth-order valence-corrected chi connectivity index (χ4v) is 2.89. The van der Waals surface area contributed by atoms with Crippen LogP contribution in [0.2, 0.25) is 0 Å². The third kappa shape index (κ3) is 2.68. The summed E-state index contributed by atoms with van der Waals surface area (Å²) in [6.07, 6.45) is 3.44. The van der Waals surface area contributed by atoms with Crippen molar-refractivity contribution in [2.45, 2.75) is 18.6 Å². The molecule has 0 radical (unpaired) electrons. The van der Waals surface area contributed by atoms with Crippen molar-refractivity contribution in [1.82, 2.24) is 9.55 Å². The Morgan fingerprint density at radius 2 is 2.38 bits per heavy atom. The van der Waals surface area contributed by atoms with Gasteiger partial charge in [0.2, 0.25) is 0 Å². The van der Waals surface area contributed by atoms with Crippen LogP contribution in [0.5, 0.6) is 0 Å². The van der Waals surface area contributed by atoms with E-state index >= 15 is 0 Å². The Bertz CT molecular complexity index is 731. The molecule has 0 aromatic carbocycles. The smallest absolute Gasteiger partial charge is 0.261 e. The maximum Gasteiger partial charge on any atom is 0.261 e. The molecule has 0 bridgehead atoms. The molecule has 2 atom stereocenters. The summed E-state index contributed by atoms with van der Waals surface area (Å²) >= 11 is 3.41. The molecule has 1 saturated heterocycles. The van der Waals surface area contributed by atoms with Gasteiger partial charge in [0.1, 0.15) is 5.82 Å². The molecule has 1 aliphatic heterocycles. The summed E-state index contributed by atoms with van der Waals surface area (Å²) in [6, 6.07) is 1.60. The van der Waals surface area contributed by atoms with Crippen molar-refractivity contribution in [3.8, 4) is 0 Å². The van der Waals surface area contributed by atoms with E-state index in [0.717, 1.165) is 9.86 Å². The van der Waals surface area contributed by atoms with Crippen molar-refractivity contribution >= 4 is 32.5 Å². The molecule has 1 fully saturated rings. The fourth-order valence-electron chi connectivity index (χ4n) is 2.46. The molecule has 7 heteroatoms. The molecule has 6 nitrogen and oxygen atoms in total. The molecule has 0 amide bonds. The van der Waals surface area contributed by atoms with Gasteiger partial charge < -0.3 is 19.7 Å². The van der Waals surface area contributed by atoms with Crippen LogP contribution in [0, 0.1) is 0 Å². The zero-order chi connectivity index (χ0) is 15.0. The normalized spacial score (nSPS) is 22.4. The summed E-state index contributed by atoms with van der Waals surface area (Å²) in [4.78, 5) is 16.7. The van der Waals surface area contributed by atoms with Crippen LogP contribution < -0.4 is 10.9 Å². The fraction of sp³-hybridized carbons (Fsp3) is 0.429. The molecule has 2 aromatic heterocycles. The van der Waals surface area contributed by atoms with E-state index in [1.807, 2.05) is 6.07 Å². The second kappa shape index (κ2) is 5.75. The van der Waals surface area contributed by atoms with E-state index in [-0.39, 0.29) is 11.6 Å². The molecule has 0 spiro atoms. The quantitative estimate of drug-likeness (QED) is 0.849. The van der Waals surface area contributed by atoms with Crippen LogP contribution in [-0.4, -0.2) is 40.0 Å². The van der Waals surface area contributed by atoms with E-state index in [0.29, 0.717) is 30.8 Å². The van der Waals surface area contributed by atoms with Crippen molar-refractivity contribution in [3.05, 3.63) is 33.3 Å². The number of nitrogens with one attached hydrogen (secondary N) is 1. The van der Waals surface area contributed by atoms with Gasteiger partial charge in [-0.2, -0.15) is 0 Å². The monoisotopic (exact) mass is 353 g/mol. The van der Waals surface area contributed by atoms with Crippen LogP contribution in [0.15, 0.2) is 27.7 Å². The number of nitrogens with zero attached hydrogens (tertiary/aromatic N) is 2. The lowest BCUT2D eigenvalue weighted by Gasteiger charge is -2.29. The minimum Gasteiger partial charge on any atom is -0.391 e. The number of hydrogen-bond donors (Lipinski definition) is 2. The number of ether oxygens (including phenoxy) is 1. The lowest BCUT2D eigenvalue weighted by atomic mass is 10.1. The highest BCUT2D eigenvalue weighted by atomic mass is 79.9. The summed E-state index contributed by atoms with van der Waals surface area (Å²) in [6.45, 7) is 0.948. The van der Waals surface area contributed by atoms with Gasteiger partial charge in [0.05, 0.1) is 24.1 Å². The second-order valence-corrected chi connectivity index (χ2v) is 6.01. The van der Waals surface area contributed by atoms with E-state index in [9.17, 15) is 9.90 Å². The first-order chi connectivity index (χ1) is 10.1. The van der Waals surface area contributed by atoms with Gasteiger partial charge in [-0.05, 0) is 28.4 Å². The van der Waals surface area contributed by atoms with Crippen LogP contribution in [0.25, 0.3) is 10.8 Å². The average molecular weight is 354 g/mol. The minimum atomic E-state index is -0.508. The van der Waals surface area contributed by atoms with Crippen molar-refractivity contribution in [1.29, 1.82) is 0 Å². The standard InChI is InChI=1S/C14H16BrN3O3/c1-18-4-2-8-9(15)6-16-13(12(8)14(18)20)17-10-7-21-5-3-11(10)19/h2,4,6,10-11,19H,3,5,7H2,1H3,(H,16,17)/t10-,11+/m1/s1. The maximum atomic E-state index is 12.4. The Kier molecular flexibility index (Phi) is 3.97. The van der Waals surface area contributed by atoms with Crippen molar-refractivity contribution in [2.24, 2.45) is 7.05 Å². The van der Waals surface area contributed by atoms with Gasteiger partial charge in [-0.25, -0.2) is 4.98 Å². The maximum absolute atomic E-state index is 12.4.